The molecule has 2 rings (SSSR count). The molecule has 3 nitrogen and oxygen atoms in total. The second kappa shape index (κ2) is 7.26. The van der Waals surface area contributed by atoms with Gasteiger partial charge >= 0.3 is 0 Å². The minimum absolute atomic E-state index is 0.927. The van der Waals surface area contributed by atoms with Crippen molar-refractivity contribution in [1.82, 2.24) is 15.2 Å². The van der Waals surface area contributed by atoms with Crippen molar-refractivity contribution in [1.29, 1.82) is 0 Å². The van der Waals surface area contributed by atoms with Crippen molar-refractivity contribution < 1.29 is 0 Å². The van der Waals surface area contributed by atoms with E-state index in [-0.39, 0.29) is 0 Å². The first-order valence-electron chi connectivity index (χ1n) is 6.15. The zero-order valence-electron chi connectivity index (χ0n) is 10.7. The molecule has 0 spiro atoms. The Kier molecular flexibility index (Phi) is 5.33. The van der Waals surface area contributed by atoms with Crippen LogP contribution in [0.1, 0.15) is 11.3 Å². The van der Waals surface area contributed by atoms with Gasteiger partial charge in [-0.15, -0.1) is 11.3 Å². The fourth-order valence-corrected chi connectivity index (χ4v) is 2.32. The molecule has 1 aromatic heterocycles. The minimum atomic E-state index is 0.927. The molecule has 1 aromatic carbocycles. The molecule has 0 saturated carbocycles. The molecular weight excluding hydrogens is 242 g/mol. The maximum absolute atomic E-state index is 4.29. The van der Waals surface area contributed by atoms with Gasteiger partial charge in [0.25, 0.3) is 0 Å². The van der Waals surface area contributed by atoms with Crippen molar-refractivity contribution >= 4 is 11.3 Å². The molecule has 0 aliphatic heterocycles. The van der Waals surface area contributed by atoms with Crippen molar-refractivity contribution in [3.8, 4) is 0 Å². The standard InChI is InChI=1S/C14H19N3S/c1-17(10-14-11-18-12-16-14)8-7-15-9-13-5-3-2-4-6-13/h2-6,11-12,15H,7-10H2,1H3. The molecule has 0 fully saturated rings. The molecular formula is C14H19N3S. The second-order valence-electron chi connectivity index (χ2n) is 4.38. The Balaban J connectivity index is 1.60. The van der Waals surface area contributed by atoms with Gasteiger partial charge in [-0.25, -0.2) is 4.98 Å². The molecule has 0 bridgehead atoms. The summed E-state index contributed by atoms with van der Waals surface area (Å²) in [6.07, 6.45) is 0. The molecule has 18 heavy (non-hydrogen) atoms. The third kappa shape index (κ3) is 4.56. The number of nitrogens with one attached hydrogen (secondary N) is 1. The van der Waals surface area contributed by atoms with Crippen molar-refractivity contribution in [3.63, 3.8) is 0 Å². The van der Waals surface area contributed by atoms with Crippen molar-refractivity contribution in [3.05, 3.63) is 52.5 Å². The molecule has 4 heteroatoms. The summed E-state index contributed by atoms with van der Waals surface area (Å²) in [6, 6.07) is 10.5. The number of nitrogens with zero attached hydrogens (tertiary/aromatic N) is 2. The molecule has 0 atom stereocenters. The van der Waals surface area contributed by atoms with Crippen LogP contribution in [0.5, 0.6) is 0 Å². The van der Waals surface area contributed by atoms with Gasteiger partial charge in [0.05, 0.1) is 11.2 Å². The van der Waals surface area contributed by atoms with Gasteiger partial charge in [0, 0.05) is 31.6 Å². The fraction of sp³-hybridized carbons (Fsp3) is 0.357. The van der Waals surface area contributed by atoms with Crippen LogP contribution in [-0.2, 0) is 13.1 Å². The van der Waals surface area contributed by atoms with Gasteiger partial charge in [0.1, 0.15) is 0 Å². The van der Waals surface area contributed by atoms with E-state index in [1.807, 2.05) is 11.6 Å². The van der Waals surface area contributed by atoms with Gasteiger partial charge < -0.3 is 5.32 Å². The molecule has 2 aromatic rings. The molecule has 0 amide bonds. The third-order valence-electron chi connectivity index (χ3n) is 2.76. The van der Waals surface area contributed by atoms with Crippen LogP contribution in [0.2, 0.25) is 0 Å². The van der Waals surface area contributed by atoms with Crippen molar-refractivity contribution in [2.24, 2.45) is 0 Å². The fourth-order valence-electron chi connectivity index (χ4n) is 1.77. The summed E-state index contributed by atoms with van der Waals surface area (Å²) < 4.78 is 0. The highest BCUT2D eigenvalue weighted by Crippen LogP contribution is 2.03. The molecule has 1 N–H and O–H groups in total. The number of likely N-dealkylation sites (N-methyl/N-ethyl adjacent to an activating group) is 1. The summed E-state index contributed by atoms with van der Waals surface area (Å²) in [4.78, 5) is 6.57. The first kappa shape index (κ1) is 13.2. The highest BCUT2D eigenvalue weighted by molar-refractivity contribution is 7.07. The molecule has 0 radical (unpaired) electrons. The van der Waals surface area contributed by atoms with Crippen LogP contribution in [0.4, 0.5) is 0 Å². The number of benzene rings is 1. The van der Waals surface area contributed by atoms with Crippen LogP contribution < -0.4 is 5.32 Å². The minimum Gasteiger partial charge on any atom is -0.311 e. The van der Waals surface area contributed by atoms with Gasteiger partial charge in [0.15, 0.2) is 0 Å². The quantitative estimate of drug-likeness (QED) is 0.776. The van der Waals surface area contributed by atoms with Gasteiger partial charge in [0.2, 0.25) is 0 Å². The van der Waals surface area contributed by atoms with E-state index in [2.05, 4.69) is 51.9 Å². The predicted molar refractivity (Wildman–Crippen MR) is 76.6 cm³/mol. The highest BCUT2D eigenvalue weighted by Gasteiger charge is 2.01. The summed E-state index contributed by atoms with van der Waals surface area (Å²) in [5.41, 5.74) is 4.38. The maximum atomic E-state index is 4.29. The predicted octanol–water partition coefficient (Wildman–Crippen LogP) is 2.36. The lowest BCUT2D eigenvalue weighted by atomic mass is 10.2. The number of hydrogen-bond acceptors (Lipinski definition) is 4. The Hall–Kier alpha value is -1.23. The summed E-state index contributed by atoms with van der Waals surface area (Å²) in [6.45, 7) is 3.89. The first-order chi connectivity index (χ1) is 8.84. The second-order valence-corrected chi connectivity index (χ2v) is 5.10. The lowest BCUT2D eigenvalue weighted by molar-refractivity contribution is 0.321. The summed E-state index contributed by atoms with van der Waals surface area (Å²) in [5.74, 6) is 0. The lowest BCUT2D eigenvalue weighted by Crippen LogP contribution is -2.28. The summed E-state index contributed by atoms with van der Waals surface area (Å²) >= 11 is 1.65. The Bertz CT molecular complexity index is 428. The number of hydrogen-bond donors (Lipinski definition) is 1. The number of aromatic nitrogens is 1. The van der Waals surface area contributed by atoms with E-state index in [4.69, 9.17) is 0 Å². The van der Waals surface area contributed by atoms with E-state index in [1.165, 1.54) is 5.56 Å². The highest BCUT2D eigenvalue weighted by atomic mass is 32.1. The third-order valence-corrected chi connectivity index (χ3v) is 3.39. The lowest BCUT2D eigenvalue weighted by Gasteiger charge is -2.15. The zero-order valence-corrected chi connectivity index (χ0v) is 11.5. The van der Waals surface area contributed by atoms with Gasteiger partial charge in [-0.1, -0.05) is 30.3 Å². The Morgan fingerprint density at radius 2 is 2.11 bits per heavy atom. The topological polar surface area (TPSA) is 28.2 Å². The number of thiazole rings is 1. The van der Waals surface area contributed by atoms with E-state index in [0.29, 0.717) is 0 Å². The largest absolute Gasteiger partial charge is 0.311 e. The van der Waals surface area contributed by atoms with Crippen molar-refractivity contribution in [2.75, 3.05) is 20.1 Å². The average molecular weight is 261 g/mol. The Labute approximate surface area is 112 Å². The van der Waals surface area contributed by atoms with Gasteiger partial charge in [-0.05, 0) is 12.6 Å². The summed E-state index contributed by atoms with van der Waals surface area (Å²) in [5, 5.41) is 5.56. The normalized spacial score (nSPS) is 11.0. The maximum Gasteiger partial charge on any atom is 0.0795 e. The van der Waals surface area contributed by atoms with Gasteiger partial charge in [-0.2, -0.15) is 0 Å². The van der Waals surface area contributed by atoms with E-state index >= 15 is 0 Å². The van der Waals surface area contributed by atoms with Crippen LogP contribution in [0.25, 0.3) is 0 Å². The molecule has 0 saturated heterocycles. The molecule has 0 aliphatic carbocycles. The van der Waals surface area contributed by atoms with Crippen molar-refractivity contribution in [2.45, 2.75) is 13.1 Å². The SMILES string of the molecule is CN(CCNCc1ccccc1)Cc1cscn1. The molecule has 96 valence electrons. The van der Waals surface area contributed by atoms with E-state index in [0.717, 1.165) is 31.9 Å². The molecule has 0 aliphatic rings. The molecule has 1 heterocycles. The monoisotopic (exact) mass is 261 g/mol. The van der Waals surface area contributed by atoms with E-state index < -0.39 is 0 Å². The Morgan fingerprint density at radius 1 is 1.28 bits per heavy atom. The van der Waals surface area contributed by atoms with Crippen LogP contribution in [0.15, 0.2) is 41.2 Å². The van der Waals surface area contributed by atoms with Crippen LogP contribution in [0, 0.1) is 0 Å². The van der Waals surface area contributed by atoms with Crippen LogP contribution >= 0.6 is 11.3 Å². The average Bonchev–Trinajstić information content (AvgIpc) is 2.89. The Morgan fingerprint density at radius 3 is 2.83 bits per heavy atom. The first-order valence-corrected chi connectivity index (χ1v) is 7.09. The van der Waals surface area contributed by atoms with Gasteiger partial charge in [-0.3, -0.25) is 4.90 Å². The molecule has 0 unspecified atom stereocenters. The zero-order chi connectivity index (χ0) is 12.6. The van der Waals surface area contributed by atoms with Crippen LogP contribution in [-0.4, -0.2) is 30.0 Å². The van der Waals surface area contributed by atoms with E-state index in [9.17, 15) is 0 Å². The smallest absolute Gasteiger partial charge is 0.0795 e. The van der Waals surface area contributed by atoms with Crippen LogP contribution in [0.3, 0.4) is 0 Å². The summed E-state index contributed by atoms with van der Waals surface area (Å²) in [7, 11) is 2.13. The number of rotatable bonds is 7. The van der Waals surface area contributed by atoms with E-state index in [1.54, 1.807) is 11.3 Å².